The van der Waals surface area contributed by atoms with Gasteiger partial charge in [0.25, 0.3) is 0 Å². The molecule has 1 aliphatic rings. The molecule has 0 aliphatic carbocycles. The molecule has 0 saturated heterocycles. The molecule has 1 rings (SSSR count). The maximum atomic E-state index is 2.42. The first-order chi connectivity index (χ1) is 5.93. The summed E-state index contributed by atoms with van der Waals surface area (Å²) in [6.45, 7) is 2.27. The minimum atomic E-state index is 1.27. The van der Waals surface area contributed by atoms with E-state index in [1.54, 1.807) is 5.57 Å². The SMILES string of the molecule is CCCCCCCC1=CCSC1. The molecule has 0 amide bonds. The van der Waals surface area contributed by atoms with Crippen LogP contribution in [0.4, 0.5) is 0 Å². The quantitative estimate of drug-likeness (QED) is 0.444. The van der Waals surface area contributed by atoms with Crippen LogP contribution >= 0.6 is 11.8 Å². The van der Waals surface area contributed by atoms with Crippen LogP contribution in [0, 0.1) is 0 Å². The monoisotopic (exact) mass is 184 g/mol. The van der Waals surface area contributed by atoms with E-state index in [1.807, 2.05) is 0 Å². The summed E-state index contributed by atoms with van der Waals surface area (Å²) < 4.78 is 0. The lowest BCUT2D eigenvalue weighted by atomic mass is 10.1. The van der Waals surface area contributed by atoms with E-state index in [-0.39, 0.29) is 0 Å². The van der Waals surface area contributed by atoms with Crippen LogP contribution in [0.15, 0.2) is 11.6 Å². The summed E-state index contributed by atoms with van der Waals surface area (Å²) >= 11 is 2.06. The largest absolute Gasteiger partial charge is 0.153 e. The van der Waals surface area contributed by atoms with Crippen LogP contribution in [0.5, 0.6) is 0 Å². The summed E-state index contributed by atoms with van der Waals surface area (Å²) in [7, 11) is 0. The molecule has 0 saturated carbocycles. The standard InChI is InChI=1S/C11H20S/c1-2-3-4-5-6-7-11-8-9-12-10-11/h8H,2-7,9-10H2,1H3. The molecule has 0 radical (unpaired) electrons. The molecule has 12 heavy (non-hydrogen) atoms. The minimum absolute atomic E-state index is 1.27. The second-order valence-corrected chi connectivity index (χ2v) is 4.57. The maximum absolute atomic E-state index is 2.42. The summed E-state index contributed by atoms with van der Waals surface area (Å²) in [5.41, 5.74) is 1.71. The first-order valence-electron chi connectivity index (χ1n) is 5.19. The third-order valence-electron chi connectivity index (χ3n) is 2.38. The molecule has 0 unspecified atom stereocenters. The second kappa shape index (κ2) is 6.59. The zero-order valence-electron chi connectivity index (χ0n) is 8.14. The van der Waals surface area contributed by atoms with Gasteiger partial charge < -0.3 is 0 Å². The molecule has 0 atom stereocenters. The van der Waals surface area contributed by atoms with E-state index in [0.29, 0.717) is 0 Å². The van der Waals surface area contributed by atoms with E-state index < -0.39 is 0 Å². The molecule has 0 aromatic rings. The van der Waals surface area contributed by atoms with Crippen molar-refractivity contribution in [1.82, 2.24) is 0 Å². The van der Waals surface area contributed by atoms with E-state index >= 15 is 0 Å². The molecular weight excluding hydrogens is 164 g/mol. The highest BCUT2D eigenvalue weighted by Crippen LogP contribution is 2.21. The Bertz CT molecular complexity index is 138. The second-order valence-electron chi connectivity index (χ2n) is 3.54. The summed E-state index contributed by atoms with van der Waals surface area (Å²) in [5, 5.41) is 0. The Labute approximate surface area is 80.8 Å². The highest BCUT2D eigenvalue weighted by molar-refractivity contribution is 7.99. The van der Waals surface area contributed by atoms with Crippen molar-refractivity contribution in [3.05, 3.63) is 11.6 Å². The van der Waals surface area contributed by atoms with Gasteiger partial charge in [-0.2, -0.15) is 11.8 Å². The van der Waals surface area contributed by atoms with Gasteiger partial charge in [-0.1, -0.05) is 44.3 Å². The number of unbranched alkanes of at least 4 members (excludes halogenated alkanes) is 4. The molecule has 1 heteroatoms. The van der Waals surface area contributed by atoms with Crippen molar-refractivity contribution in [2.45, 2.75) is 45.4 Å². The Kier molecular flexibility index (Phi) is 5.59. The van der Waals surface area contributed by atoms with E-state index in [0.717, 1.165) is 0 Å². The summed E-state index contributed by atoms with van der Waals surface area (Å²) in [5.74, 6) is 2.58. The zero-order chi connectivity index (χ0) is 8.65. The van der Waals surface area contributed by atoms with Crippen molar-refractivity contribution in [2.75, 3.05) is 11.5 Å². The molecule has 0 aromatic heterocycles. The number of rotatable bonds is 6. The predicted molar refractivity (Wildman–Crippen MR) is 58.8 cm³/mol. The third-order valence-corrected chi connectivity index (χ3v) is 3.36. The van der Waals surface area contributed by atoms with E-state index in [1.165, 1.54) is 50.0 Å². The number of thioether (sulfide) groups is 1. The van der Waals surface area contributed by atoms with Crippen LogP contribution in [0.25, 0.3) is 0 Å². The summed E-state index contributed by atoms with van der Waals surface area (Å²) in [4.78, 5) is 0. The van der Waals surface area contributed by atoms with E-state index in [4.69, 9.17) is 0 Å². The normalized spacial score (nSPS) is 16.6. The van der Waals surface area contributed by atoms with Crippen LogP contribution in [-0.4, -0.2) is 11.5 Å². The van der Waals surface area contributed by atoms with Crippen molar-refractivity contribution in [2.24, 2.45) is 0 Å². The van der Waals surface area contributed by atoms with Gasteiger partial charge in [-0.3, -0.25) is 0 Å². The molecule has 0 aromatic carbocycles. The van der Waals surface area contributed by atoms with Crippen molar-refractivity contribution in [1.29, 1.82) is 0 Å². The van der Waals surface area contributed by atoms with Crippen LogP contribution in [0.3, 0.4) is 0 Å². The molecule has 0 spiro atoms. The minimum Gasteiger partial charge on any atom is -0.153 e. The van der Waals surface area contributed by atoms with E-state index in [9.17, 15) is 0 Å². The van der Waals surface area contributed by atoms with Crippen LogP contribution in [0.2, 0.25) is 0 Å². The Morgan fingerprint density at radius 2 is 2.08 bits per heavy atom. The van der Waals surface area contributed by atoms with Gasteiger partial charge in [0.05, 0.1) is 0 Å². The smallest absolute Gasteiger partial charge is 0.0146 e. The summed E-state index contributed by atoms with van der Waals surface area (Å²) in [6.07, 6.45) is 10.9. The molecular formula is C11H20S. The van der Waals surface area contributed by atoms with Gasteiger partial charge in [-0.05, 0) is 12.8 Å². The highest BCUT2D eigenvalue weighted by atomic mass is 32.2. The molecule has 0 bridgehead atoms. The maximum Gasteiger partial charge on any atom is 0.0146 e. The van der Waals surface area contributed by atoms with Gasteiger partial charge in [0.1, 0.15) is 0 Å². The van der Waals surface area contributed by atoms with Crippen molar-refractivity contribution in [3.63, 3.8) is 0 Å². The Morgan fingerprint density at radius 1 is 1.25 bits per heavy atom. The van der Waals surface area contributed by atoms with Crippen LogP contribution < -0.4 is 0 Å². The highest BCUT2D eigenvalue weighted by Gasteiger charge is 2.03. The average molecular weight is 184 g/mol. The Balaban J connectivity index is 1.88. The third kappa shape index (κ3) is 4.20. The summed E-state index contributed by atoms with van der Waals surface area (Å²) in [6, 6.07) is 0. The number of hydrogen-bond acceptors (Lipinski definition) is 1. The lowest BCUT2D eigenvalue weighted by Crippen LogP contribution is -1.83. The fourth-order valence-corrected chi connectivity index (χ4v) is 2.55. The van der Waals surface area contributed by atoms with Gasteiger partial charge in [0.2, 0.25) is 0 Å². The fourth-order valence-electron chi connectivity index (χ4n) is 1.56. The molecule has 70 valence electrons. The molecule has 0 fully saturated rings. The van der Waals surface area contributed by atoms with Crippen LogP contribution in [0.1, 0.15) is 45.4 Å². The van der Waals surface area contributed by atoms with Gasteiger partial charge in [-0.25, -0.2) is 0 Å². The molecule has 1 heterocycles. The molecule has 1 aliphatic heterocycles. The first-order valence-corrected chi connectivity index (χ1v) is 6.34. The van der Waals surface area contributed by atoms with Gasteiger partial charge in [0.15, 0.2) is 0 Å². The topological polar surface area (TPSA) is 0 Å². The predicted octanol–water partition coefficient (Wildman–Crippen LogP) is 4.02. The Hall–Kier alpha value is 0.0900. The lowest BCUT2D eigenvalue weighted by molar-refractivity contribution is 0.631. The van der Waals surface area contributed by atoms with Crippen molar-refractivity contribution in [3.8, 4) is 0 Å². The fraction of sp³-hybridized carbons (Fsp3) is 0.818. The number of hydrogen-bond donors (Lipinski definition) is 0. The Morgan fingerprint density at radius 3 is 2.75 bits per heavy atom. The van der Waals surface area contributed by atoms with E-state index in [2.05, 4.69) is 24.8 Å². The van der Waals surface area contributed by atoms with Crippen molar-refractivity contribution < 1.29 is 0 Å². The zero-order valence-corrected chi connectivity index (χ0v) is 8.96. The van der Waals surface area contributed by atoms with Crippen LogP contribution in [-0.2, 0) is 0 Å². The first kappa shape index (κ1) is 10.2. The lowest BCUT2D eigenvalue weighted by Gasteiger charge is -2.00. The van der Waals surface area contributed by atoms with Crippen molar-refractivity contribution >= 4 is 11.8 Å². The van der Waals surface area contributed by atoms with Gasteiger partial charge >= 0.3 is 0 Å². The molecule has 0 N–H and O–H groups in total. The van der Waals surface area contributed by atoms with Gasteiger partial charge in [-0.15, -0.1) is 0 Å². The molecule has 0 nitrogen and oxygen atoms in total. The average Bonchev–Trinajstić information content (AvgIpc) is 2.57. The van der Waals surface area contributed by atoms with Gasteiger partial charge in [0, 0.05) is 11.5 Å².